The van der Waals surface area contributed by atoms with E-state index < -0.39 is 0 Å². The van der Waals surface area contributed by atoms with Gasteiger partial charge in [-0.05, 0) is 23.5 Å². The Kier molecular flexibility index (Phi) is 4.23. The van der Waals surface area contributed by atoms with Crippen molar-refractivity contribution in [1.82, 2.24) is 20.1 Å². The Morgan fingerprint density at radius 1 is 1.20 bits per heavy atom. The topological polar surface area (TPSA) is 42.7 Å². The minimum atomic E-state index is 0.201. The highest BCUT2D eigenvalue weighted by Crippen LogP contribution is 2.23. The molecule has 0 fully saturated rings. The Morgan fingerprint density at radius 3 is 2.35 bits per heavy atom. The summed E-state index contributed by atoms with van der Waals surface area (Å²) in [4.78, 5) is 4.22. The van der Waals surface area contributed by atoms with Crippen molar-refractivity contribution in [3.63, 3.8) is 0 Å². The van der Waals surface area contributed by atoms with Crippen LogP contribution in [0.5, 0.6) is 0 Å². The second kappa shape index (κ2) is 5.75. The van der Waals surface area contributed by atoms with Crippen molar-refractivity contribution < 1.29 is 0 Å². The fourth-order valence-electron chi connectivity index (χ4n) is 2.10. The van der Waals surface area contributed by atoms with Gasteiger partial charge in [0, 0.05) is 13.1 Å². The summed E-state index contributed by atoms with van der Waals surface area (Å²) in [5, 5.41) is 7.71. The zero-order valence-corrected chi connectivity index (χ0v) is 13.0. The molecule has 0 aliphatic heterocycles. The molecule has 0 amide bonds. The summed E-state index contributed by atoms with van der Waals surface area (Å²) in [7, 11) is 1.88. The highest BCUT2D eigenvalue weighted by atomic mass is 15.3. The van der Waals surface area contributed by atoms with Crippen LogP contribution in [0.1, 0.15) is 50.7 Å². The smallest absolute Gasteiger partial charge is 0.164 e. The molecule has 0 saturated heterocycles. The average molecular weight is 272 g/mol. The van der Waals surface area contributed by atoms with Gasteiger partial charge in [-0.2, -0.15) is 5.10 Å². The first-order valence-electron chi connectivity index (χ1n) is 7.04. The summed E-state index contributed by atoms with van der Waals surface area (Å²) in [6, 6.07) is 9.11. The Morgan fingerprint density at radius 2 is 1.85 bits per heavy atom. The van der Waals surface area contributed by atoms with Crippen LogP contribution in [0, 0.1) is 0 Å². The number of hydrogen-bond acceptors (Lipinski definition) is 3. The van der Waals surface area contributed by atoms with Crippen molar-refractivity contribution in [3.8, 4) is 0 Å². The van der Waals surface area contributed by atoms with Crippen molar-refractivity contribution in [2.24, 2.45) is 7.05 Å². The van der Waals surface area contributed by atoms with Crippen LogP contribution in [0.3, 0.4) is 0 Å². The quantitative estimate of drug-likeness (QED) is 0.930. The number of hydrogen-bond donors (Lipinski definition) is 1. The molecule has 0 aliphatic rings. The van der Waals surface area contributed by atoms with Crippen LogP contribution in [0.4, 0.5) is 0 Å². The summed E-state index contributed by atoms with van der Waals surface area (Å²) in [5.41, 5.74) is 2.85. The van der Waals surface area contributed by atoms with Crippen LogP contribution >= 0.6 is 0 Å². The van der Waals surface area contributed by atoms with Crippen LogP contribution in [-0.4, -0.2) is 14.8 Å². The van der Waals surface area contributed by atoms with Gasteiger partial charge in [-0.1, -0.05) is 45.0 Å². The molecule has 1 aromatic heterocycles. The number of rotatable bonds is 4. The Bertz CT molecular complexity index is 549. The Labute approximate surface area is 121 Å². The SMILES string of the molecule is CC(NCc1ncn(C)n1)c1ccc(C(C)(C)C)cc1. The predicted octanol–water partition coefficient (Wildman–Crippen LogP) is 2.96. The zero-order chi connectivity index (χ0) is 14.8. The molecule has 4 nitrogen and oxygen atoms in total. The van der Waals surface area contributed by atoms with Gasteiger partial charge in [-0.3, -0.25) is 4.68 Å². The minimum Gasteiger partial charge on any atom is -0.303 e. The van der Waals surface area contributed by atoms with Crippen LogP contribution in [-0.2, 0) is 19.0 Å². The van der Waals surface area contributed by atoms with E-state index >= 15 is 0 Å². The van der Waals surface area contributed by atoms with Gasteiger partial charge >= 0.3 is 0 Å². The standard InChI is InChI=1S/C16H24N4/c1-12(17-10-15-18-11-20(5)19-15)13-6-8-14(9-7-13)16(2,3)4/h6-9,11-12,17H,10H2,1-5H3. The molecule has 2 aromatic rings. The normalized spacial score (nSPS) is 13.4. The lowest BCUT2D eigenvalue weighted by atomic mass is 9.86. The third kappa shape index (κ3) is 3.67. The highest BCUT2D eigenvalue weighted by Gasteiger charge is 2.14. The summed E-state index contributed by atoms with van der Waals surface area (Å²) in [6.07, 6.45) is 1.72. The van der Waals surface area contributed by atoms with Crippen LogP contribution in [0.2, 0.25) is 0 Å². The molecule has 1 N–H and O–H groups in total. The lowest BCUT2D eigenvalue weighted by Crippen LogP contribution is -2.19. The molecule has 1 unspecified atom stereocenters. The van der Waals surface area contributed by atoms with E-state index in [1.54, 1.807) is 11.0 Å². The molecule has 20 heavy (non-hydrogen) atoms. The maximum absolute atomic E-state index is 4.27. The second-order valence-corrected chi connectivity index (χ2v) is 6.31. The van der Waals surface area contributed by atoms with Gasteiger partial charge in [-0.15, -0.1) is 0 Å². The van der Waals surface area contributed by atoms with Crippen molar-refractivity contribution in [2.75, 3.05) is 0 Å². The van der Waals surface area contributed by atoms with Crippen molar-refractivity contribution in [1.29, 1.82) is 0 Å². The predicted molar refractivity (Wildman–Crippen MR) is 81.4 cm³/mol. The summed E-state index contributed by atoms with van der Waals surface area (Å²) in [6.45, 7) is 9.54. The van der Waals surface area contributed by atoms with E-state index in [4.69, 9.17) is 0 Å². The van der Waals surface area contributed by atoms with Gasteiger partial charge in [0.1, 0.15) is 6.33 Å². The van der Waals surface area contributed by atoms with Gasteiger partial charge < -0.3 is 5.32 Å². The molecule has 0 aliphatic carbocycles. The Hall–Kier alpha value is -1.68. The van der Waals surface area contributed by atoms with E-state index in [-0.39, 0.29) is 11.5 Å². The number of benzene rings is 1. The summed E-state index contributed by atoms with van der Waals surface area (Å²) < 4.78 is 1.72. The first-order valence-corrected chi connectivity index (χ1v) is 7.04. The molecular formula is C16H24N4. The second-order valence-electron chi connectivity index (χ2n) is 6.31. The van der Waals surface area contributed by atoms with Crippen LogP contribution in [0.25, 0.3) is 0 Å². The molecule has 2 rings (SSSR count). The molecule has 0 radical (unpaired) electrons. The molecule has 1 atom stereocenters. The monoisotopic (exact) mass is 272 g/mol. The maximum atomic E-state index is 4.27. The highest BCUT2D eigenvalue weighted by molar-refractivity contribution is 5.29. The molecule has 1 heterocycles. The van der Waals surface area contributed by atoms with Crippen molar-refractivity contribution in [2.45, 2.75) is 45.7 Å². The van der Waals surface area contributed by atoms with Gasteiger partial charge in [0.2, 0.25) is 0 Å². The third-order valence-electron chi connectivity index (χ3n) is 3.49. The maximum Gasteiger partial charge on any atom is 0.164 e. The van der Waals surface area contributed by atoms with Gasteiger partial charge in [-0.25, -0.2) is 4.98 Å². The van der Waals surface area contributed by atoms with Crippen molar-refractivity contribution in [3.05, 3.63) is 47.5 Å². The lowest BCUT2D eigenvalue weighted by Gasteiger charge is -2.20. The number of nitrogens with one attached hydrogen (secondary N) is 1. The van der Waals surface area contributed by atoms with Crippen LogP contribution < -0.4 is 5.32 Å². The van der Waals surface area contributed by atoms with E-state index in [9.17, 15) is 0 Å². The molecule has 1 aromatic carbocycles. The van der Waals surface area contributed by atoms with E-state index in [0.29, 0.717) is 6.54 Å². The molecule has 0 bridgehead atoms. The van der Waals surface area contributed by atoms with Crippen molar-refractivity contribution >= 4 is 0 Å². The molecule has 0 saturated carbocycles. The van der Waals surface area contributed by atoms with Gasteiger partial charge in [0.25, 0.3) is 0 Å². The van der Waals surface area contributed by atoms with E-state index in [0.717, 1.165) is 5.82 Å². The largest absolute Gasteiger partial charge is 0.303 e. The Balaban J connectivity index is 1.97. The fraction of sp³-hybridized carbons (Fsp3) is 0.500. The molecule has 4 heteroatoms. The van der Waals surface area contributed by atoms with Gasteiger partial charge in [0.05, 0.1) is 6.54 Å². The molecule has 0 spiro atoms. The zero-order valence-electron chi connectivity index (χ0n) is 13.0. The minimum absolute atomic E-state index is 0.201. The van der Waals surface area contributed by atoms with E-state index in [1.807, 2.05) is 7.05 Å². The summed E-state index contributed by atoms with van der Waals surface area (Å²) in [5.74, 6) is 0.825. The number of aryl methyl sites for hydroxylation is 1. The van der Waals surface area contributed by atoms with Gasteiger partial charge in [0.15, 0.2) is 5.82 Å². The first-order chi connectivity index (χ1) is 9.36. The molecular weight excluding hydrogens is 248 g/mol. The first kappa shape index (κ1) is 14.7. The molecule has 108 valence electrons. The lowest BCUT2D eigenvalue weighted by molar-refractivity contribution is 0.554. The van der Waals surface area contributed by atoms with Crippen LogP contribution in [0.15, 0.2) is 30.6 Å². The number of nitrogens with zero attached hydrogens (tertiary/aromatic N) is 3. The number of aromatic nitrogens is 3. The van der Waals surface area contributed by atoms with E-state index in [2.05, 4.69) is 67.4 Å². The average Bonchev–Trinajstić information content (AvgIpc) is 2.81. The van der Waals surface area contributed by atoms with E-state index in [1.165, 1.54) is 11.1 Å². The third-order valence-corrected chi connectivity index (χ3v) is 3.49. The summed E-state index contributed by atoms with van der Waals surface area (Å²) >= 11 is 0. The fourth-order valence-corrected chi connectivity index (χ4v) is 2.10.